The average Bonchev–Trinajstić information content (AvgIpc) is 1.89. The molecule has 0 radical (unpaired) electrons. The quantitative estimate of drug-likeness (QED) is 0.565. The lowest BCUT2D eigenvalue weighted by Crippen LogP contribution is -2.20. The summed E-state index contributed by atoms with van der Waals surface area (Å²) in [5.74, 6) is 7.86. The summed E-state index contributed by atoms with van der Waals surface area (Å²) in [6.45, 7) is 3.38. The SMILES string of the molecule is C#CC(C)(O)CCC#CC. The molecule has 0 bridgehead atoms. The third kappa shape index (κ3) is 4.01. The zero-order valence-electron chi connectivity index (χ0n) is 6.44. The largest absolute Gasteiger partial charge is 0.378 e. The molecule has 0 aromatic heterocycles. The van der Waals surface area contributed by atoms with Crippen LogP contribution in [0, 0.1) is 24.2 Å². The summed E-state index contributed by atoms with van der Waals surface area (Å²) in [5, 5.41) is 9.25. The van der Waals surface area contributed by atoms with Crippen LogP contribution in [-0.4, -0.2) is 10.7 Å². The monoisotopic (exact) mass is 136 g/mol. The maximum absolute atomic E-state index is 9.25. The van der Waals surface area contributed by atoms with Gasteiger partial charge in [0.1, 0.15) is 5.60 Å². The summed E-state index contributed by atoms with van der Waals surface area (Å²) < 4.78 is 0. The van der Waals surface area contributed by atoms with Crippen LogP contribution < -0.4 is 0 Å². The van der Waals surface area contributed by atoms with Gasteiger partial charge in [-0.05, 0) is 20.3 Å². The Morgan fingerprint density at radius 1 is 1.60 bits per heavy atom. The van der Waals surface area contributed by atoms with E-state index in [1.807, 2.05) is 0 Å². The highest BCUT2D eigenvalue weighted by Crippen LogP contribution is 2.08. The molecule has 0 heterocycles. The van der Waals surface area contributed by atoms with Crippen molar-refractivity contribution in [1.82, 2.24) is 0 Å². The second kappa shape index (κ2) is 3.99. The summed E-state index contributed by atoms with van der Waals surface area (Å²) in [6, 6.07) is 0. The maximum Gasteiger partial charge on any atom is 0.123 e. The molecule has 0 spiro atoms. The van der Waals surface area contributed by atoms with E-state index in [4.69, 9.17) is 6.42 Å². The second-order valence-electron chi connectivity index (χ2n) is 2.34. The molecular weight excluding hydrogens is 124 g/mol. The Morgan fingerprint density at radius 2 is 2.20 bits per heavy atom. The van der Waals surface area contributed by atoms with Crippen molar-refractivity contribution in [3.8, 4) is 24.2 Å². The number of hydrogen-bond acceptors (Lipinski definition) is 1. The molecular formula is C9H12O. The normalized spacial score (nSPS) is 14.2. The van der Waals surface area contributed by atoms with E-state index in [1.165, 1.54) is 0 Å². The van der Waals surface area contributed by atoms with E-state index >= 15 is 0 Å². The predicted molar refractivity (Wildman–Crippen MR) is 42.1 cm³/mol. The molecule has 0 aromatic rings. The van der Waals surface area contributed by atoms with Crippen molar-refractivity contribution in [2.45, 2.75) is 32.3 Å². The first-order valence-corrected chi connectivity index (χ1v) is 3.22. The fraction of sp³-hybridized carbons (Fsp3) is 0.556. The minimum atomic E-state index is -0.982. The Kier molecular flexibility index (Phi) is 3.62. The highest BCUT2D eigenvalue weighted by Gasteiger charge is 2.13. The fourth-order valence-electron chi connectivity index (χ4n) is 0.503. The molecule has 1 heteroatoms. The van der Waals surface area contributed by atoms with Crippen LogP contribution in [0.3, 0.4) is 0 Å². The first-order valence-electron chi connectivity index (χ1n) is 3.22. The van der Waals surface area contributed by atoms with Gasteiger partial charge in [-0.2, -0.15) is 0 Å². The lowest BCUT2D eigenvalue weighted by atomic mass is 10.0. The van der Waals surface area contributed by atoms with Crippen LogP contribution in [0.2, 0.25) is 0 Å². The highest BCUT2D eigenvalue weighted by molar-refractivity contribution is 5.07. The molecule has 0 saturated carbocycles. The molecule has 0 saturated heterocycles. The number of hydrogen-bond donors (Lipinski definition) is 1. The molecule has 1 nitrogen and oxygen atoms in total. The molecule has 1 atom stereocenters. The van der Waals surface area contributed by atoms with Crippen LogP contribution in [0.15, 0.2) is 0 Å². The molecule has 1 unspecified atom stereocenters. The van der Waals surface area contributed by atoms with Gasteiger partial charge in [0.15, 0.2) is 0 Å². The average molecular weight is 136 g/mol. The van der Waals surface area contributed by atoms with E-state index in [2.05, 4.69) is 17.8 Å². The van der Waals surface area contributed by atoms with Gasteiger partial charge in [-0.3, -0.25) is 0 Å². The third-order valence-corrected chi connectivity index (χ3v) is 1.22. The Morgan fingerprint density at radius 3 is 2.60 bits per heavy atom. The molecule has 0 fully saturated rings. The first-order chi connectivity index (χ1) is 4.62. The molecule has 1 N–H and O–H groups in total. The lowest BCUT2D eigenvalue weighted by Gasteiger charge is -2.12. The Labute approximate surface area is 62.5 Å². The molecule has 0 aromatic carbocycles. The summed E-state index contributed by atoms with van der Waals surface area (Å²) in [6.07, 6.45) is 6.25. The van der Waals surface area contributed by atoms with Crippen LogP contribution in [0.5, 0.6) is 0 Å². The van der Waals surface area contributed by atoms with E-state index in [-0.39, 0.29) is 0 Å². The highest BCUT2D eigenvalue weighted by atomic mass is 16.3. The van der Waals surface area contributed by atoms with Crippen LogP contribution in [0.25, 0.3) is 0 Å². The van der Waals surface area contributed by atoms with Crippen molar-refractivity contribution in [3.63, 3.8) is 0 Å². The summed E-state index contributed by atoms with van der Waals surface area (Å²) >= 11 is 0. The summed E-state index contributed by atoms with van der Waals surface area (Å²) in [4.78, 5) is 0. The van der Waals surface area contributed by atoms with Crippen molar-refractivity contribution in [3.05, 3.63) is 0 Å². The number of aliphatic hydroxyl groups is 1. The van der Waals surface area contributed by atoms with Gasteiger partial charge in [0.05, 0.1) is 0 Å². The number of rotatable bonds is 2. The zero-order valence-corrected chi connectivity index (χ0v) is 6.44. The number of terminal acetylenes is 1. The van der Waals surface area contributed by atoms with Crippen molar-refractivity contribution in [2.24, 2.45) is 0 Å². The van der Waals surface area contributed by atoms with Gasteiger partial charge in [-0.15, -0.1) is 18.3 Å². The first kappa shape index (κ1) is 9.08. The molecule has 0 aliphatic heterocycles. The van der Waals surface area contributed by atoms with Crippen molar-refractivity contribution in [1.29, 1.82) is 0 Å². The van der Waals surface area contributed by atoms with Crippen molar-refractivity contribution in [2.75, 3.05) is 0 Å². The molecule has 0 aliphatic rings. The van der Waals surface area contributed by atoms with Gasteiger partial charge in [-0.25, -0.2) is 0 Å². The van der Waals surface area contributed by atoms with E-state index in [0.29, 0.717) is 12.8 Å². The fourth-order valence-corrected chi connectivity index (χ4v) is 0.503. The maximum atomic E-state index is 9.25. The smallest absolute Gasteiger partial charge is 0.123 e. The van der Waals surface area contributed by atoms with Gasteiger partial charge in [0.25, 0.3) is 0 Å². The van der Waals surface area contributed by atoms with Crippen LogP contribution in [0.1, 0.15) is 26.7 Å². The molecule has 0 rings (SSSR count). The second-order valence-corrected chi connectivity index (χ2v) is 2.34. The minimum Gasteiger partial charge on any atom is -0.378 e. The molecule has 54 valence electrons. The van der Waals surface area contributed by atoms with Crippen LogP contribution >= 0.6 is 0 Å². The molecule has 10 heavy (non-hydrogen) atoms. The van der Waals surface area contributed by atoms with Gasteiger partial charge in [-0.1, -0.05) is 5.92 Å². The van der Waals surface area contributed by atoms with Crippen molar-refractivity contribution < 1.29 is 5.11 Å². The predicted octanol–water partition coefficient (Wildman–Crippen LogP) is 1.17. The zero-order chi connectivity index (χ0) is 8.04. The summed E-state index contributed by atoms with van der Waals surface area (Å²) in [7, 11) is 0. The van der Waals surface area contributed by atoms with Crippen LogP contribution in [0.4, 0.5) is 0 Å². The van der Waals surface area contributed by atoms with Gasteiger partial charge < -0.3 is 5.11 Å². The Bertz CT molecular complexity index is 185. The van der Waals surface area contributed by atoms with E-state index in [9.17, 15) is 5.11 Å². The van der Waals surface area contributed by atoms with E-state index in [1.54, 1.807) is 13.8 Å². The van der Waals surface area contributed by atoms with Crippen LogP contribution in [-0.2, 0) is 0 Å². The molecule has 0 amide bonds. The van der Waals surface area contributed by atoms with Crippen molar-refractivity contribution >= 4 is 0 Å². The van der Waals surface area contributed by atoms with Gasteiger partial charge in [0.2, 0.25) is 0 Å². The van der Waals surface area contributed by atoms with E-state index in [0.717, 1.165) is 0 Å². The standard InChI is InChI=1S/C9H12O/c1-4-6-7-8-9(3,10)5-2/h2,10H,7-8H2,1,3H3. The van der Waals surface area contributed by atoms with Gasteiger partial charge in [0, 0.05) is 6.42 Å². The lowest BCUT2D eigenvalue weighted by molar-refractivity contribution is 0.114. The summed E-state index contributed by atoms with van der Waals surface area (Å²) in [5.41, 5.74) is -0.982. The Balaban J connectivity index is 3.67. The third-order valence-electron chi connectivity index (χ3n) is 1.22. The molecule has 0 aliphatic carbocycles. The van der Waals surface area contributed by atoms with E-state index < -0.39 is 5.60 Å². The minimum absolute atomic E-state index is 0.546. The topological polar surface area (TPSA) is 20.2 Å². The van der Waals surface area contributed by atoms with Gasteiger partial charge >= 0.3 is 0 Å². The Hall–Kier alpha value is -0.920.